The van der Waals surface area contributed by atoms with Gasteiger partial charge in [0.05, 0.1) is 5.71 Å². The van der Waals surface area contributed by atoms with Gasteiger partial charge in [0.15, 0.2) is 0 Å². The number of carbonyl (C=O) groups is 1. The Morgan fingerprint density at radius 1 is 1.10 bits per heavy atom. The standard InChI is InChI=1S/C19H19NO/c1-3-8-15-9-7-10-16(13-15)14-18(20-2)19(21)17-11-5-4-6-12-17/h3-7,9-13H,1,8,14H2,2H3. The molecule has 2 nitrogen and oxygen atoms in total. The van der Waals surface area contributed by atoms with E-state index >= 15 is 0 Å². The van der Waals surface area contributed by atoms with Crippen LogP contribution in [0.4, 0.5) is 0 Å². The van der Waals surface area contributed by atoms with Crippen LogP contribution in [0, 0.1) is 0 Å². The smallest absolute Gasteiger partial charge is 0.207 e. The van der Waals surface area contributed by atoms with E-state index in [4.69, 9.17) is 0 Å². The molecule has 0 N–H and O–H groups in total. The summed E-state index contributed by atoms with van der Waals surface area (Å²) in [5.74, 6) is -0.00720. The second-order valence-electron chi connectivity index (χ2n) is 4.85. The molecule has 0 amide bonds. The van der Waals surface area contributed by atoms with Gasteiger partial charge in [-0.05, 0) is 17.5 Å². The normalized spacial score (nSPS) is 11.2. The van der Waals surface area contributed by atoms with Crippen LogP contribution < -0.4 is 0 Å². The van der Waals surface area contributed by atoms with Crippen LogP contribution in [-0.2, 0) is 12.8 Å². The zero-order valence-electron chi connectivity index (χ0n) is 12.3. The van der Waals surface area contributed by atoms with Crippen molar-refractivity contribution in [1.82, 2.24) is 0 Å². The van der Waals surface area contributed by atoms with Crippen molar-refractivity contribution in [1.29, 1.82) is 0 Å². The highest BCUT2D eigenvalue weighted by Crippen LogP contribution is 2.10. The van der Waals surface area contributed by atoms with Gasteiger partial charge in [0.2, 0.25) is 5.78 Å². The highest BCUT2D eigenvalue weighted by Gasteiger charge is 2.13. The van der Waals surface area contributed by atoms with Gasteiger partial charge >= 0.3 is 0 Å². The van der Waals surface area contributed by atoms with Crippen LogP contribution in [0.1, 0.15) is 21.5 Å². The molecule has 2 aromatic rings. The maximum absolute atomic E-state index is 12.4. The maximum Gasteiger partial charge on any atom is 0.207 e. The average Bonchev–Trinajstić information content (AvgIpc) is 2.53. The molecule has 2 rings (SSSR count). The highest BCUT2D eigenvalue weighted by molar-refractivity contribution is 6.46. The molecule has 2 aromatic carbocycles. The number of nitrogens with zero attached hydrogens (tertiary/aromatic N) is 1. The van der Waals surface area contributed by atoms with Crippen molar-refractivity contribution in [3.63, 3.8) is 0 Å². The van der Waals surface area contributed by atoms with Gasteiger partial charge in [-0.3, -0.25) is 9.79 Å². The molecule has 0 fully saturated rings. The Hall–Kier alpha value is -2.48. The van der Waals surface area contributed by atoms with E-state index in [9.17, 15) is 4.79 Å². The Kier molecular flexibility index (Phi) is 5.22. The summed E-state index contributed by atoms with van der Waals surface area (Å²) in [5, 5.41) is 0. The summed E-state index contributed by atoms with van der Waals surface area (Å²) in [6.07, 6.45) is 3.26. The first-order chi connectivity index (χ1) is 10.2. The second-order valence-corrected chi connectivity index (χ2v) is 4.85. The van der Waals surface area contributed by atoms with E-state index < -0.39 is 0 Å². The number of rotatable bonds is 6. The summed E-state index contributed by atoms with van der Waals surface area (Å²) in [6, 6.07) is 17.5. The molecule has 0 spiro atoms. The molecule has 0 atom stereocenters. The summed E-state index contributed by atoms with van der Waals surface area (Å²) in [6.45, 7) is 3.75. The third-order valence-corrected chi connectivity index (χ3v) is 3.31. The lowest BCUT2D eigenvalue weighted by Gasteiger charge is -2.07. The lowest BCUT2D eigenvalue weighted by molar-refractivity contribution is 0.106. The van der Waals surface area contributed by atoms with E-state index in [0.29, 0.717) is 17.7 Å². The number of hydrogen-bond acceptors (Lipinski definition) is 2. The van der Waals surface area contributed by atoms with Gasteiger partial charge in [-0.25, -0.2) is 0 Å². The number of hydrogen-bond donors (Lipinski definition) is 0. The van der Waals surface area contributed by atoms with Gasteiger partial charge in [-0.1, -0.05) is 60.7 Å². The van der Waals surface area contributed by atoms with Crippen molar-refractivity contribution >= 4 is 11.5 Å². The topological polar surface area (TPSA) is 29.4 Å². The van der Waals surface area contributed by atoms with Crippen LogP contribution in [0.25, 0.3) is 0 Å². The maximum atomic E-state index is 12.4. The van der Waals surface area contributed by atoms with E-state index in [-0.39, 0.29) is 5.78 Å². The summed E-state index contributed by atoms with van der Waals surface area (Å²) >= 11 is 0. The van der Waals surface area contributed by atoms with Crippen molar-refractivity contribution in [2.75, 3.05) is 7.05 Å². The van der Waals surface area contributed by atoms with Crippen molar-refractivity contribution in [3.8, 4) is 0 Å². The minimum atomic E-state index is -0.00720. The fourth-order valence-electron chi connectivity index (χ4n) is 2.24. The Bertz CT molecular complexity index is 656. The van der Waals surface area contributed by atoms with Crippen molar-refractivity contribution in [2.45, 2.75) is 12.8 Å². The number of Topliss-reactive ketones (excluding diaryl/α,β-unsaturated/α-hetero) is 1. The molecule has 0 bridgehead atoms. The van der Waals surface area contributed by atoms with E-state index in [1.807, 2.05) is 48.5 Å². The van der Waals surface area contributed by atoms with Gasteiger partial charge < -0.3 is 0 Å². The molecule has 2 heteroatoms. The molecule has 21 heavy (non-hydrogen) atoms. The first-order valence-electron chi connectivity index (χ1n) is 6.98. The van der Waals surface area contributed by atoms with Crippen molar-refractivity contribution in [2.24, 2.45) is 4.99 Å². The number of carbonyl (C=O) groups excluding carboxylic acids is 1. The predicted molar refractivity (Wildman–Crippen MR) is 88.2 cm³/mol. The van der Waals surface area contributed by atoms with E-state index in [0.717, 1.165) is 12.0 Å². The van der Waals surface area contributed by atoms with E-state index in [1.165, 1.54) is 5.56 Å². The minimum Gasteiger partial charge on any atom is -0.289 e. The molecule has 0 saturated heterocycles. The first kappa shape index (κ1) is 14.9. The summed E-state index contributed by atoms with van der Waals surface area (Å²) in [5.41, 5.74) is 3.56. The zero-order valence-corrected chi connectivity index (χ0v) is 12.3. The second kappa shape index (κ2) is 7.34. The largest absolute Gasteiger partial charge is 0.289 e. The molecule has 0 aliphatic rings. The van der Waals surface area contributed by atoms with Gasteiger partial charge in [0.1, 0.15) is 0 Å². The fraction of sp³-hybridized carbons (Fsp3) is 0.158. The lowest BCUT2D eigenvalue weighted by atomic mass is 9.99. The van der Waals surface area contributed by atoms with Crippen LogP contribution in [0.5, 0.6) is 0 Å². The predicted octanol–water partition coefficient (Wildman–Crippen LogP) is 3.91. The molecule has 0 saturated carbocycles. The number of allylic oxidation sites excluding steroid dienone is 1. The molecule has 0 heterocycles. The van der Waals surface area contributed by atoms with Crippen molar-refractivity contribution < 1.29 is 4.79 Å². The van der Waals surface area contributed by atoms with Gasteiger partial charge in [0.25, 0.3) is 0 Å². The Morgan fingerprint density at radius 3 is 2.48 bits per heavy atom. The lowest BCUT2D eigenvalue weighted by Crippen LogP contribution is -2.17. The molecular weight excluding hydrogens is 258 g/mol. The number of aliphatic imine (C=N–C) groups is 1. The molecule has 106 valence electrons. The monoisotopic (exact) mass is 277 g/mol. The third-order valence-electron chi connectivity index (χ3n) is 3.31. The summed E-state index contributed by atoms with van der Waals surface area (Å²) in [4.78, 5) is 16.6. The zero-order chi connectivity index (χ0) is 15.1. The molecule has 0 aromatic heterocycles. The Morgan fingerprint density at radius 2 is 1.81 bits per heavy atom. The summed E-state index contributed by atoms with van der Waals surface area (Å²) < 4.78 is 0. The van der Waals surface area contributed by atoms with Gasteiger partial charge in [-0.15, -0.1) is 6.58 Å². The van der Waals surface area contributed by atoms with Crippen molar-refractivity contribution in [3.05, 3.63) is 83.9 Å². The molecule has 0 unspecified atom stereocenters. The average molecular weight is 277 g/mol. The molecule has 0 aliphatic heterocycles. The quantitative estimate of drug-likeness (QED) is 0.447. The van der Waals surface area contributed by atoms with Gasteiger partial charge in [0, 0.05) is 19.0 Å². The van der Waals surface area contributed by atoms with Crippen LogP contribution in [0.3, 0.4) is 0 Å². The number of benzene rings is 2. The van der Waals surface area contributed by atoms with Gasteiger partial charge in [-0.2, -0.15) is 0 Å². The SMILES string of the molecule is C=CCc1cccc(CC(=NC)C(=O)c2ccccc2)c1. The number of ketones is 1. The Balaban J connectivity index is 2.18. The van der Waals surface area contributed by atoms with Crippen LogP contribution in [0.15, 0.2) is 72.2 Å². The highest BCUT2D eigenvalue weighted by atomic mass is 16.1. The Labute approximate surface area is 125 Å². The third kappa shape index (κ3) is 3.99. The first-order valence-corrected chi connectivity index (χ1v) is 6.98. The summed E-state index contributed by atoms with van der Waals surface area (Å²) in [7, 11) is 1.67. The van der Waals surface area contributed by atoms with Crippen LogP contribution >= 0.6 is 0 Å². The van der Waals surface area contributed by atoms with Crippen LogP contribution in [-0.4, -0.2) is 18.5 Å². The van der Waals surface area contributed by atoms with Crippen LogP contribution in [0.2, 0.25) is 0 Å². The minimum absolute atomic E-state index is 0.00720. The molecule has 0 aliphatic carbocycles. The molecular formula is C19H19NO. The van der Waals surface area contributed by atoms with E-state index in [1.54, 1.807) is 7.05 Å². The van der Waals surface area contributed by atoms with E-state index in [2.05, 4.69) is 23.7 Å². The molecule has 0 radical (unpaired) electrons. The fourth-order valence-corrected chi connectivity index (χ4v) is 2.24.